The van der Waals surface area contributed by atoms with E-state index < -0.39 is 54.3 Å². The summed E-state index contributed by atoms with van der Waals surface area (Å²) in [5.41, 5.74) is -6.56. The lowest BCUT2D eigenvalue weighted by Gasteiger charge is -2.52. The van der Waals surface area contributed by atoms with Crippen LogP contribution in [0.25, 0.3) is 0 Å². The lowest BCUT2D eigenvalue weighted by atomic mass is 9.71. The van der Waals surface area contributed by atoms with Gasteiger partial charge in [0, 0.05) is 13.1 Å². The van der Waals surface area contributed by atoms with Crippen molar-refractivity contribution in [2.45, 2.75) is 61.0 Å². The standard InChI is InChI=1S/C13H12F11NO/c14-8(7(26)25-5-3-1-2-4-6-25)9(15,16)11(19,20)13(23,24)12(21,22)10(8,17)18/h1-6H2. The highest BCUT2D eigenvalue weighted by Gasteiger charge is 3.03. The quantitative estimate of drug-likeness (QED) is 0.594. The van der Waals surface area contributed by atoms with Crippen LogP contribution in [0.4, 0.5) is 48.3 Å². The minimum atomic E-state index is -7.30. The largest absolute Gasteiger partial charge is 0.384 e. The maximum absolute atomic E-state index is 14.6. The molecule has 0 N–H and O–H groups in total. The van der Waals surface area contributed by atoms with Gasteiger partial charge < -0.3 is 4.90 Å². The van der Waals surface area contributed by atoms with Crippen LogP contribution in [0.15, 0.2) is 0 Å². The molecular formula is C13H12F11NO. The third kappa shape index (κ3) is 2.08. The van der Waals surface area contributed by atoms with Crippen molar-refractivity contribution >= 4 is 5.91 Å². The van der Waals surface area contributed by atoms with Crippen molar-refractivity contribution in [3.05, 3.63) is 0 Å². The lowest BCUT2D eigenvalue weighted by Crippen LogP contribution is -2.86. The molecule has 152 valence electrons. The Kier molecular flexibility index (Phi) is 4.52. The molecule has 2 nitrogen and oxygen atoms in total. The van der Waals surface area contributed by atoms with Crippen LogP contribution >= 0.6 is 0 Å². The summed E-state index contributed by atoms with van der Waals surface area (Å²) in [6.45, 7) is -1.30. The molecule has 0 aromatic rings. The van der Waals surface area contributed by atoms with E-state index in [1.165, 1.54) is 0 Å². The second kappa shape index (κ2) is 5.60. The maximum Gasteiger partial charge on any atom is 0.384 e. The SMILES string of the molecule is O=C(N1CCCCCC1)C1(F)C(F)(F)C(F)(F)C(F)(F)C(F)(F)C1(F)F. The molecule has 2 aliphatic rings. The topological polar surface area (TPSA) is 20.3 Å². The molecule has 1 heterocycles. The van der Waals surface area contributed by atoms with Gasteiger partial charge in [-0.25, -0.2) is 4.39 Å². The van der Waals surface area contributed by atoms with Crippen molar-refractivity contribution in [3.63, 3.8) is 0 Å². The molecule has 1 aliphatic carbocycles. The number of nitrogens with zero attached hydrogens (tertiary/aromatic N) is 1. The third-order valence-electron chi connectivity index (χ3n) is 4.63. The summed E-state index contributed by atoms with van der Waals surface area (Å²) in [5.74, 6) is -39.1. The summed E-state index contributed by atoms with van der Waals surface area (Å²) < 4.78 is 150. The zero-order valence-electron chi connectivity index (χ0n) is 12.8. The van der Waals surface area contributed by atoms with Gasteiger partial charge in [0.15, 0.2) is 0 Å². The Morgan fingerprint density at radius 3 is 1.19 bits per heavy atom. The number of hydrogen-bond acceptors (Lipinski definition) is 1. The molecule has 0 spiro atoms. The number of alkyl halides is 11. The summed E-state index contributed by atoms with van der Waals surface area (Å²) in [6.07, 6.45) is 0.643. The zero-order valence-corrected chi connectivity index (χ0v) is 12.8. The summed E-state index contributed by atoms with van der Waals surface area (Å²) in [7, 11) is 0. The molecule has 0 aromatic carbocycles. The highest BCUT2D eigenvalue weighted by atomic mass is 19.4. The van der Waals surface area contributed by atoms with Crippen LogP contribution in [-0.4, -0.2) is 59.2 Å². The average molecular weight is 407 g/mol. The summed E-state index contributed by atoms with van der Waals surface area (Å²) in [5, 5.41) is 0. The van der Waals surface area contributed by atoms with Crippen LogP contribution in [-0.2, 0) is 4.79 Å². The Balaban J connectivity index is 2.69. The molecule has 1 amide bonds. The molecule has 1 aliphatic heterocycles. The third-order valence-corrected chi connectivity index (χ3v) is 4.63. The number of rotatable bonds is 1. The molecule has 0 radical (unpaired) electrons. The molecule has 1 saturated carbocycles. The minimum absolute atomic E-state index is 0.0259. The molecule has 1 saturated heterocycles. The second-order valence-corrected chi connectivity index (χ2v) is 6.24. The van der Waals surface area contributed by atoms with E-state index in [0.29, 0.717) is 12.8 Å². The number of hydrogen-bond donors (Lipinski definition) is 0. The summed E-state index contributed by atoms with van der Waals surface area (Å²) in [6, 6.07) is 0. The van der Waals surface area contributed by atoms with Gasteiger partial charge in [-0.05, 0) is 12.8 Å². The Morgan fingerprint density at radius 2 is 0.846 bits per heavy atom. The molecule has 26 heavy (non-hydrogen) atoms. The van der Waals surface area contributed by atoms with Crippen molar-refractivity contribution in [1.82, 2.24) is 4.90 Å². The van der Waals surface area contributed by atoms with Gasteiger partial charge in [-0.3, -0.25) is 4.79 Å². The van der Waals surface area contributed by atoms with E-state index >= 15 is 0 Å². The second-order valence-electron chi connectivity index (χ2n) is 6.24. The molecule has 13 heteroatoms. The number of carbonyl (C=O) groups is 1. The zero-order chi connectivity index (χ0) is 20.4. The van der Waals surface area contributed by atoms with Gasteiger partial charge in [0.25, 0.3) is 5.91 Å². The minimum Gasteiger partial charge on any atom is -0.339 e. The average Bonchev–Trinajstić information content (AvgIpc) is 2.80. The van der Waals surface area contributed by atoms with Crippen LogP contribution < -0.4 is 0 Å². The molecule has 0 bridgehead atoms. The number of amides is 1. The molecule has 2 fully saturated rings. The molecule has 2 rings (SSSR count). The van der Waals surface area contributed by atoms with Crippen molar-refractivity contribution in [2.75, 3.05) is 13.1 Å². The fraction of sp³-hybridized carbons (Fsp3) is 0.923. The van der Waals surface area contributed by atoms with E-state index in [2.05, 4.69) is 0 Å². The molecule has 0 atom stereocenters. The first-order valence-corrected chi connectivity index (χ1v) is 7.39. The van der Waals surface area contributed by atoms with Crippen LogP contribution in [0, 0.1) is 0 Å². The predicted molar refractivity (Wildman–Crippen MR) is 63.6 cm³/mol. The van der Waals surface area contributed by atoms with E-state index in [1.807, 2.05) is 0 Å². The van der Waals surface area contributed by atoms with Gasteiger partial charge in [0.05, 0.1) is 0 Å². The van der Waals surface area contributed by atoms with Crippen LogP contribution in [0.5, 0.6) is 0 Å². The fourth-order valence-electron chi connectivity index (χ4n) is 2.98. The van der Waals surface area contributed by atoms with E-state index in [0.717, 1.165) is 0 Å². The van der Waals surface area contributed by atoms with Gasteiger partial charge in [0.2, 0.25) is 0 Å². The summed E-state index contributed by atoms with van der Waals surface area (Å²) in [4.78, 5) is 11.9. The number of halogens is 11. The van der Waals surface area contributed by atoms with Crippen LogP contribution in [0.3, 0.4) is 0 Å². The molecular weight excluding hydrogens is 395 g/mol. The predicted octanol–water partition coefficient (Wildman–Crippen LogP) is 4.29. The summed E-state index contributed by atoms with van der Waals surface area (Å²) >= 11 is 0. The van der Waals surface area contributed by atoms with Gasteiger partial charge in [0.1, 0.15) is 0 Å². The van der Waals surface area contributed by atoms with Crippen molar-refractivity contribution in [2.24, 2.45) is 0 Å². The van der Waals surface area contributed by atoms with E-state index in [-0.39, 0.29) is 17.7 Å². The van der Waals surface area contributed by atoms with E-state index in [1.54, 1.807) is 0 Å². The Hall–Kier alpha value is -1.30. The van der Waals surface area contributed by atoms with Gasteiger partial charge in [-0.2, -0.15) is 43.9 Å². The van der Waals surface area contributed by atoms with E-state index in [9.17, 15) is 53.1 Å². The molecule has 0 aromatic heterocycles. The fourth-order valence-corrected chi connectivity index (χ4v) is 2.98. The first-order valence-electron chi connectivity index (χ1n) is 7.39. The maximum atomic E-state index is 14.6. The monoisotopic (exact) mass is 407 g/mol. The normalized spacial score (nSPS) is 31.1. The van der Waals surface area contributed by atoms with Crippen molar-refractivity contribution < 1.29 is 53.1 Å². The van der Waals surface area contributed by atoms with Crippen molar-refractivity contribution in [3.8, 4) is 0 Å². The lowest BCUT2D eigenvalue weighted by molar-refractivity contribution is -0.477. The van der Waals surface area contributed by atoms with Gasteiger partial charge >= 0.3 is 35.3 Å². The smallest absolute Gasteiger partial charge is 0.339 e. The Morgan fingerprint density at radius 1 is 0.538 bits per heavy atom. The number of carbonyl (C=O) groups excluding carboxylic acids is 1. The molecule has 0 unspecified atom stereocenters. The van der Waals surface area contributed by atoms with Gasteiger partial charge in [-0.15, -0.1) is 0 Å². The van der Waals surface area contributed by atoms with Crippen LogP contribution in [0.1, 0.15) is 25.7 Å². The van der Waals surface area contributed by atoms with Crippen LogP contribution in [0.2, 0.25) is 0 Å². The highest BCUT2D eigenvalue weighted by Crippen LogP contribution is 2.69. The first-order chi connectivity index (χ1) is 11.5. The highest BCUT2D eigenvalue weighted by molar-refractivity contribution is 5.89. The Labute approximate surface area is 139 Å². The Bertz CT molecular complexity index is 551. The number of likely N-dealkylation sites (tertiary alicyclic amines) is 1. The van der Waals surface area contributed by atoms with Gasteiger partial charge in [-0.1, -0.05) is 12.8 Å². The van der Waals surface area contributed by atoms with Crippen molar-refractivity contribution in [1.29, 1.82) is 0 Å². The van der Waals surface area contributed by atoms with E-state index in [4.69, 9.17) is 0 Å². The first kappa shape index (κ1) is 21.0.